The summed E-state index contributed by atoms with van der Waals surface area (Å²) in [6, 6.07) is 6.32. The van der Waals surface area contributed by atoms with Crippen LogP contribution in [0.15, 0.2) is 35.1 Å². The second-order valence-corrected chi connectivity index (χ2v) is 6.89. The molecule has 4 aromatic rings. The highest BCUT2D eigenvalue weighted by Crippen LogP contribution is 2.32. The van der Waals surface area contributed by atoms with Crippen molar-refractivity contribution in [2.24, 2.45) is 0 Å². The number of hydrogen-bond acceptors (Lipinski definition) is 5. The van der Waals surface area contributed by atoms with Crippen LogP contribution in [0.5, 0.6) is 0 Å². The Labute approximate surface area is 148 Å². The van der Waals surface area contributed by atoms with Gasteiger partial charge in [0, 0.05) is 11.1 Å². The zero-order valence-electron chi connectivity index (χ0n) is 13.6. The molecule has 1 aromatic carbocycles. The van der Waals surface area contributed by atoms with Crippen LogP contribution < -0.4 is 5.56 Å². The number of hydrogen-bond donors (Lipinski definition) is 0. The second kappa shape index (κ2) is 5.60. The molecule has 0 aliphatic carbocycles. The first-order chi connectivity index (χ1) is 12.3. The molecule has 0 bridgehead atoms. The van der Waals surface area contributed by atoms with Crippen molar-refractivity contribution in [1.29, 1.82) is 0 Å². The minimum Gasteiger partial charge on any atom is -0.266 e. The van der Waals surface area contributed by atoms with Crippen molar-refractivity contribution in [2.45, 2.75) is 20.0 Å². The summed E-state index contributed by atoms with van der Waals surface area (Å²) in [7, 11) is 0. The quantitative estimate of drug-likeness (QED) is 0.503. The summed E-state index contributed by atoms with van der Waals surface area (Å²) in [5, 5.41) is 8.69. The minimum absolute atomic E-state index is 0.0116. The Morgan fingerprint density at radius 2 is 1.92 bits per heavy atom. The highest BCUT2D eigenvalue weighted by atomic mass is 32.1. The number of fused-ring (bicyclic) bond motifs is 3. The smallest absolute Gasteiger partial charge is 0.266 e. The van der Waals surface area contributed by atoms with E-state index in [0.717, 1.165) is 33.5 Å². The minimum atomic E-state index is -4.51. The molecule has 26 heavy (non-hydrogen) atoms. The molecule has 0 fully saturated rings. The first-order valence-corrected chi connectivity index (χ1v) is 8.41. The molecule has 0 atom stereocenters. The van der Waals surface area contributed by atoms with E-state index in [1.807, 2.05) is 19.9 Å². The molecule has 132 valence electrons. The third kappa shape index (κ3) is 2.55. The van der Waals surface area contributed by atoms with Gasteiger partial charge in [0.1, 0.15) is 15.0 Å². The number of aryl methyl sites for hydroxylation is 2. The molecule has 3 heterocycles. The average Bonchev–Trinajstić information content (AvgIpc) is 2.94. The van der Waals surface area contributed by atoms with Crippen molar-refractivity contribution in [3.8, 4) is 5.69 Å². The van der Waals surface area contributed by atoms with Gasteiger partial charge in [0.2, 0.25) is 0 Å². The fourth-order valence-corrected chi connectivity index (χ4v) is 4.03. The first-order valence-electron chi connectivity index (χ1n) is 7.60. The lowest BCUT2D eigenvalue weighted by Crippen LogP contribution is -2.22. The van der Waals surface area contributed by atoms with Crippen LogP contribution in [0.1, 0.15) is 16.8 Å². The van der Waals surface area contributed by atoms with Crippen molar-refractivity contribution in [2.75, 3.05) is 0 Å². The third-order valence-corrected chi connectivity index (χ3v) is 5.06. The van der Waals surface area contributed by atoms with Gasteiger partial charge in [-0.05, 0) is 43.7 Å². The van der Waals surface area contributed by atoms with E-state index >= 15 is 0 Å². The molecule has 0 saturated heterocycles. The number of halogens is 3. The van der Waals surface area contributed by atoms with Gasteiger partial charge in [0.25, 0.3) is 5.56 Å². The van der Waals surface area contributed by atoms with E-state index in [4.69, 9.17) is 0 Å². The van der Waals surface area contributed by atoms with Gasteiger partial charge >= 0.3 is 6.18 Å². The lowest BCUT2D eigenvalue weighted by Gasteiger charge is -2.09. The van der Waals surface area contributed by atoms with Crippen LogP contribution in [0.3, 0.4) is 0 Å². The molecular formula is C17H11F3N4OS. The molecule has 0 radical (unpaired) electrons. The number of thiophene rings is 1. The third-order valence-electron chi connectivity index (χ3n) is 4.00. The summed E-state index contributed by atoms with van der Waals surface area (Å²) in [6.45, 7) is 3.74. The van der Waals surface area contributed by atoms with Gasteiger partial charge < -0.3 is 0 Å². The number of aromatic nitrogens is 4. The molecule has 5 nitrogen and oxygen atoms in total. The van der Waals surface area contributed by atoms with E-state index in [1.54, 1.807) is 0 Å². The lowest BCUT2D eigenvalue weighted by atomic mass is 10.1. The molecular weight excluding hydrogens is 365 g/mol. The number of nitrogens with zero attached hydrogens (tertiary/aromatic N) is 4. The lowest BCUT2D eigenvalue weighted by molar-refractivity contribution is -0.137. The Morgan fingerprint density at radius 1 is 1.15 bits per heavy atom. The van der Waals surface area contributed by atoms with Crippen molar-refractivity contribution in [3.63, 3.8) is 0 Å². The summed E-state index contributed by atoms with van der Waals surface area (Å²) in [6.07, 6.45) is -4.51. The molecule has 0 N–H and O–H groups in total. The van der Waals surface area contributed by atoms with E-state index in [2.05, 4.69) is 15.3 Å². The molecule has 0 saturated carbocycles. The van der Waals surface area contributed by atoms with Crippen LogP contribution in [0.2, 0.25) is 0 Å². The summed E-state index contributed by atoms with van der Waals surface area (Å²) < 4.78 is 40.0. The Kier molecular flexibility index (Phi) is 3.58. The zero-order chi connectivity index (χ0) is 18.6. The Bertz CT molecular complexity index is 1230. The van der Waals surface area contributed by atoms with Gasteiger partial charge in [-0.3, -0.25) is 4.79 Å². The molecule has 0 aliphatic heterocycles. The monoisotopic (exact) mass is 376 g/mol. The second-order valence-electron chi connectivity index (χ2n) is 5.89. The molecule has 0 aliphatic rings. The molecule has 0 spiro atoms. The van der Waals surface area contributed by atoms with Crippen LogP contribution in [0.4, 0.5) is 13.2 Å². The normalized spacial score (nSPS) is 12.2. The molecule has 0 unspecified atom stereocenters. The van der Waals surface area contributed by atoms with E-state index in [9.17, 15) is 18.0 Å². The van der Waals surface area contributed by atoms with Crippen LogP contribution in [-0.2, 0) is 6.18 Å². The zero-order valence-corrected chi connectivity index (χ0v) is 14.4. The molecule has 4 rings (SSSR count). The van der Waals surface area contributed by atoms with E-state index in [1.165, 1.54) is 23.5 Å². The Hall–Kier alpha value is -2.81. The molecule has 0 amide bonds. The standard InChI is InChI=1S/C17H11F3N4OS/c1-8-6-9(2)21-15-12(8)13-14(26-15)16(25)24(23-22-13)11-5-3-4-10(7-11)17(18,19)20/h3-7H,1-2H3. The largest absolute Gasteiger partial charge is 0.416 e. The van der Waals surface area contributed by atoms with Gasteiger partial charge in [0.05, 0.1) is 11.3 Å². The highest BCUT2D eigenvalue weighted by Gasteiger charge is 2.30. The van der Waals surface area contributed by atoms with Crippen molar-refractivity contribution >= 4 is 31.8 Å². The van der Waals surface area contributed by atoms with Crippen molar-refractivity contribution < 1.29 is 13.2 Å². The SMILES string of the molecule is Cc1cc(C)c2c(n1)sc1c(=O)n(-c3cccc(C(F)(F)F)c3)nnc12. The topological polar surface area (TPSA) is 60.7 Å². The van der Waals surface area contributed by atoms with Crippen LogP contribution in [-0.4, -0.2) is 20.0 Å². The maximum absolute atomic E-state index is 12.9. The Morgan fingerprint density at radius 3 is 2.65 bits per heavy atom. The van der Waals surface area contributed by atoms with Gasteiger partial charge in [-0.2, -0.15) is 17.9 Å². The van der Waals surface area contributed by atoms with Gasteiger partial charge in [-0.1, -0.05) is 11.3 Å². The van der Waals surface area contributed by atoms with Gasteiger partial charge in [0.15, 0.2) is 0 Å². The van der Waals surface area contributed by atoms with E-state index in [0.29, 0.717) is 15.0 Å². The first kappa shape index (κ1) is 16.6. The number of rotatable bonds is 1. The number of benzene rings is 1. The molecule has 3 aromatic heterocycles. The summed E-state index contributed by atoms with van der Waals surface area (Å²) in [4.78, 5) is 17.9. The van der Waals surface area contributed by atoms with Crippen LogP contribution in [0.25, 0.3) is 26.1 Å². The van der Waals surface area contributed by atoms with Crippen molar-refractivity contribution in [1.82, 2.24) is 20.0 Å². The number of pyridine rings is 1. The average molecular weight is 376 g/mol. The summed E-state index contributed by atoms with van der Waals surface area (Å²) in [5.41, 5.74) is 0.792. The van der Waals surface area contributed by atoms with Crippen LogP contribution in [0, 0.1) is 13.8 Å². The predicted octanol–water partition coefficient (Wildman–Crippen LogP) is 4.03. The maximum atomic E-state index is 12.9. The molecule has 9 heteroatoms. The van der Waals surface area contributed by atoms with Gasteiger partial charge in [-0.15, -0.1) is 16.4 Å². The summed E-state index contributed by atoms with van der Waals surface area (Å²) >= 11 is 1.17. The number of alkyl halides is 3. The predicted molar refractivity (Wildman–Crippen MR) is 92.8 cm³/mol. The fraction of sp³-hybridized carbons (Fsp3) is 0.176. The maximum Gasteiger partial charge on any atom is 0.416 e. The van der Waals surface area contributed by atoms with Crippen LogP contribution >= 0.6 is 11.3 Å². The Balaban J connectivity index is 1.99. The van der Waals surface area contributed by atoms with E-state index < -0.39 is 17.3 Å². The fourth-order valence-electron chi connectivity index (χ4n) is 2.87. The van der Waals surface area contributed by atoms with Gasteiger partial charge in [-0.25, -0.2) is 4.98 Å². The highest BCUT2D eigenvalue weighted by molar-refractivity contribution is 7.25. The van der Waals surface area contributed by atoms with Crippen molar-refractivity contribution in [3.05, 3.63) is 57.5 Å². The summed E-state index contributed by atoms with van der Waals surface area (Å²) in [5.74, 6) is 0. The van der Waals surface area contributed by atoms with E-state index in [-0.39, 0.29) is 5.69 Å².